The van der Waals surface area contributed by atoms with Crippen LogP contribution in [0.15, 0.2) is 24.3 Å². The molecule has 1 aromatic rings. The van der Waals surface area contributed by atoms with Crippen LogP contribution < -0.4 is 10.6 Å². The first-order valence-corrected chi connectivity index (χ1v) is 5.91. The summed E-state index contributed by atoms with van der Waals surface area (Å²) in [6, 6.07) is 8.17. The molecule has 3 nitrogen and oxygen atoms in total. The summed E-state index contributed by atoms with van der Waals surface area (Å²) in [5.41, 5.74) is 8.25. The van der Waals surface area contributed by atoms with Gasteiger partial charge in [0, 0.05) is 24.8 Å². The fourth-order valence-corrected chi connectivity index (χ4v) is 1.90. The van der Waals surface area contributed by atoms with Gasteiger partial charge in [0.25, 0.3) is 0 Å². The molecule has 90 valence electrons. The van der Waals surface area contributed by atoms with Gasteiger partial charge in [-0.15, -0.1) is 0 Å². The Morgan fingerprint density at radius 1 is 1.31 bits per heavy atom. The van der Waals surface area contributed by atoms with E-state index in [9.17, 15) is 0 Å². The lowest BCUT2D eigenvalue weighted by Gasteiger charge is -2.27. The maximum atomic E-state index is 9.08. The maximum absolute atomic E-state index is 9.08. The number of hydrogen-bond donors (Lipinski definition) is 2. The summed E-state index contributed by atoms with van der Waals surface area (Å²) < 4.78 is 0. The molecule has 1 aromatic carbocycles. The second-order valence-electron chi connectivity index (χ2n) is 4.06. The van der Waals surface area contributed by atoms with Gasteiger partial charge in [-0.3, -0.25) is 0 Å². The molecule has 1 unspecified atom stereocenters. The van der Waals surface area contributed by atoms with Crippen molar-refractivity contribution in [2.75, 3.05) is 24.6 Å². The first-order chi connectivity index (χ1) is 7.70. The molecule has 0 bridgehead atoms. The molecule has 0 fully saturated rings. The van der Waals surface area contributed by atoms with Crippen molar-refractivity contribution in [1.29, 1.82) is 0 Å². The Balaban J connectivity index is 2.97. The van der Waals surface area contributed by atoms with E-state index in [0.29, 0.717) is 6.54 Å². The van der Waals surface area contributed by atoms with E-state index in [4.69, 9.17) is 10.8 Å². The number of para-hydroxylation sites is 1. The maximum Gasteiger partial charge on any atom is 0.0606 e. The van der Waals surface area contributed by atoms with E-state index in [1.807, 2.05) is 19.1 Å². The second-order valence-corrected chi connectivity index (χ2v) is 4.06. The normalized spacial score (nSPS) is 12.5. The Morgan fingerprint density at radius 3 is 2.56 bits per heavy atom. The standard InChI is InChI=1S/C13H22N2O/c1-3-8-15(9-10-16)13-7-5-4-6-12(13)11(2)14/h4-7,11,16H,3,8-10,14H2,1-2H3. The zero-order chi connectivity index (χ0) is 12.0. The van der Waals surface area contributed by atoms with Gasteiger partial charge < -0.3 is 15.7 Å². The summed E-state index contributed by atoms with van der Waals surface area (Å²) in [4.78, 5) is 2.19. The molecule has 0 radical (unpaired) electrons. The summed E-state index contributed by atoms with van der Waals surface area (Å²) >= 11 is 0. The van der Waals surface area contributed by atoms with E-state index in [1.165, 1.54) is 0 Å². The van der Waals surface area contributed by atoms with Gasteiger partial charge in [-0.2, -0.15) is 0 Å². The average Bonchev–Trinajstić information content (AvgIpc) is 2.29. The molecule has 16 heavy (non-hydrogen) atoms. The van der Waals surface area contributed by atoms with Crippen molar-refractivity contribution in [1.82, 2.24) is 0 Å². The highest BCUT2D eigenvalue weighted by Gasteiger charge is 2.11. The van der Waals surface area contributed by atoms with Gasteiger partial charge in [0.1, 0.15) is 0 Å². The van der Waals surface area contributed by atoms with Crippen molar-refractivity contribution < 1.29 is 5.11 Å². The lowest BCUT2D eigenvalue weighted by Crippen LogP contribution is -2.29. The number of nitrogens with zero attached hydrogens (tertiary/aromatic N) is 1. The summed E-state index contributed by atoms with van der Waals surface area (Å²) in [6.45, 7) is 5.91. The molecule has 0 spiro atoms. The fourth-order valence-electron chi connectivity index (χ4n) is 1.90. The van der Waals surface area contributed by atoms with Crippen molar-refractivity contribution in [2.24, 2.45) is 5.73 Å². The number of anilines is 1. The Labute approximate surface area is 97.9 Å². The molecule has 3 N–H and O–H groups in total. The highest BCUT2D eigenvalue weighted by atomic mass is 16.3. The minimum absolute atomic E-state index is 0.0225. The molecule has 3 heteroatoms. The third-order valence-corrected chi connectivity index (χ3v) is 2.63. The predicted octanol–water partition coefficient (Wildman–Crippen LogP) is 1.92. The van der Waals surface area contributed by atoms with Crippen LogP contribution in [0.2, 0.25) is 0 Å². The quantitative estimate of drug-likeness (QED) is 0.773. The van der Waals surface area contributed by atoms with Gasteiger partial charge in [0.2, 0.25) is 0 Å². The van der Waals surface area contributed by atoms with Gasteiger partial charge in [0.15, 0.2) is 0 Å². The summed E-state index contributed by atoms with van der Waals surface area (Å²) in [6.07, 6.45) is 1.06. The largest absolute Gasteiger partial charge is 0.395 e. The molecule has 0 aliphatic heterocycles. The van der Waals surface area contributed by atoms with Crippen molar-refractivity contribution >= 4 is 5.69 Å². The number of nitrogens with two attached hydrogens (primary N) is 1. The molecule has 1 atom stereocenters. The molecular formula is C13H22N2O. The van der Waals surface area contributed by atoms with Crippen molar-refractivity contribution in [2.45, 2.75) is 26.3 Å². The number of aliphatic hydroxyl groups is 1. The van der Waals surface area contributed by atoms with Gasteiger partial charge in [-0.25, -0.2) is 0 Å². The number of hydrogen-bond acceptors (Lipinski definition) is 3. The first-order valence-electron chi connectivity index (χ1n) is 5.91. The van der Waals surface area contributed by atoms with Crippen LogP contribution in [0, 0.1) is 0 Å². The monoisotopic (exact) mass is 222 g/mol. The van der Waals surface area contributed by atoms with Crippen LogP contribution in [0.3, 0.4) is 0 Å². The SMILES string of the molecule is CCCN(CCO)c1ccccc1C(C)N. The van der Waals surface area contributed by atoms with E-state index in [1.54, 1.807) is 0 Å². The second kappa shape index (κ2) is 6.51. The van der Waals surface area contributed by atoms with Gasteiger partial charge in [-0.05, 0) is 25.0 Å². The van der Waals surface area contributed by atoms with Crippen molar-refractivity contribution in [3.63, 3.8) is 0 Å². The molecule has 0 aromatic heterocycles. The topological polar surface area (TPSA) is 49.5 Å². The molecule has 0 aliphatic rings. The van der Waals surface area contributed by atoms with Crippen LogP contribution in [0.4, 0.5) is 5.69 Å². The predicted molar refractivity (Wildman–Crippen MR) is 68.6 cm³/mol. The van der Waals surface area contributed by atoms with Gasteiger partial charge in [-0.1, -0.05) is 25.1 Å². The minimum Gasteiger partial charge on any atom is -0.395 e. The number of aliphatic hydroxyl groups excluding tert-OH is 1. The Hall–Kier alpha value is -1.06. The highest BCUT2D eigenvalue weighted by Crippen LogP contribution is 2.24. The van der Waals surface area contributed by atoms with Crippen LogP contribution in [0.1, 0.15) is 31.9 Å². The van der Waals surface area contributed by atoms with Crippen LogP contribution in [-0.4, -0.2) is 24.8 Å². The van der Waals surface area contributed by atoms with Crippen LogP contribution in [0.5, 0.6) is 0 Å². The lowest BCUT2D eigenvalue weighted by atomic mass is 10.1. The smallest absolute Gasteiger partial charge is 0.0606 e. The van der Waals surface area contributed by atoms with E-state index in [2.05, 4.69) is 24.0 Å². The van der Waals surface area contributed by atoms with E-state index in [-0.39, 0.29) is 12.6 Å². The zero-order valence-corrected chi connectivity index (χ0v) is 10.2. The summed E-state index contributed by atoms with van der Waals surface area (Å²) in [5.74, 6) is 0. The van der Waals surface area contributed by atoms with E-state index in [0.717, 1.165) is 24.2 Å². The van der Waals surface area contributed by atoms with Crippen molar-refractivity contribution in [3.05, 3.63) is 29.8 Å². The van der Waals surface area contributed by atoms with Crippen molar-refractivity contribution in [3.8, 4) is 0 Å². The van der Waals surface area contributed by atoms with Gasteiger partial charge >= 0.3 is 0 Å². The third-order valence-electron chi connectivity index (χ3n) is 2.63. The van der Waals surface area contributed by atoms with Crippen LogP contribution >= 0.6 is 0 Å². The van der Waals surface area contributed by atoms with Crippen LogP contribution in [0.25, 0.3) is 0 Å². The van der Waals surface area contributed by atoms with E-state index >= 15 is 0 Å². The summed E-state index contributed by atoms with van der Waals surface area (Å²) in [7, 11) is 0. The summed E-state index contributed by atoms with van der Waals surface area (Å²) in [5, 5.41) is 9.08. The zero-order valence-electron chi connectivity index (χ0n) is 10.2. The molecular weight excluding hydrogens is 200 g/mol. The molecule has 0 saturated carbocycles. The fraction of sp³-hybridized carbons (Fsp3) is 0.538. The first kappa shape index (κ1) is 13.0. The Kier molecular flexibility index (Phi) is 5.29. The highest BCUT2D eigenvalue weighted by molar-refractivity contribution is 5.54. The average molecular weight is 222 g/mol. The Bertz CT molecular complexity index is 307. The molecule has 0 saturated heterocycles. The number of benzene rings is 1. The lowest BCUT2D eigenvalue weighted by molar-refractivity contribution is 0.301. The molecule has 0 heterocycles. The van der Waals surface area contributed by atoms with Gasteiger partial charge in [0.05, 0.1) is 6.61 Å². The molecule has 1 rings (SSSR count). The Morgan fingerprint density at radius 2 is 2.00 bits per heavy atom. The minimum atomic E-state index is 0.0225. The van der Waals surface area contributed by atoms with E-state index < -0.39 is 0 Å². The van der Waals surface area contributed by atoms with Crippen LogP contribution in [-0.2, 0) is 0 Å². The molecule has 0 aliphatic carbocycles. The third kappa shape index (κ3) is 3.22. The number of rotatable bonds is 6. The molecule has 0 amide bonds.